The van der Waals surface area contributed by atoms with Gasteiger partial charge < -0.3 is 10.4 Å². The Bertz CT molecular complexity index is 362. The van der Waals surface area contributed by atoms with Gasteiger partial charge in [-0.2, -0.15) is 23.3 Å². The molecule has 0 saturated heterocycles. The lowest BCUT2D eigenvalue weighted by molar-refractivity contribution is -0.172. The molecule has 84 valence electrons. The molecule has 0 amide bonds. The SMILES string of the molecule is OCc1nc2n(n1)C(C(F)(F)F)CCN2. The van der Waals surface area contributed by atoms with Crippen molar-refractivity contribution in [2.24, 2.45) is 0 Å². The molecule has 1 unspecified atom stereocenters. The van der Waals surface area contributed by atoms with Gasteiger partial charge in [-0.25, -0.2) is 4.68 Å². The van der Waals surface area contributed by atoms with Crippen LogP contribution in [0.2, 0.25) is 0 Å². The zero-order chi connectivity index (χ0) is 11.1. The second-order valence-electron chi connectivity index (χ2n) is 3.23. The number of aromatic nitrogens is 3. The number of hydrogen-bond donors (Lipinski definition) is 2. The maximum atomic E-state index is 12.6. The van der Waals surface area contributed by atoms with E-state index in [4.69, 9.17) is 5.11 Å². The summed E-state index contributed by atoms with van der Waals surface area (Å²) < 4.78 is 38.4. The molecule has 1 aliphatic rings. The fourth-order valence-electron chi connectivity index (χ4n) is 1.52. The molecule has 1 atom stereocenters. The van der Waals surface area contributed by atoms with E-state index in [0.717, 1.165) is 4.68 Å². The highest BCUT2D eigenvalue weighted by Gasteiger charge is 2.44. The second kappa shape index (κ2) is 3.37. The van der Waals surface area contributed by atoms with E-state index >= 15 is 0 Å². The first-order valence-corrected chi connectivity index (χ1v) is 4.39. The summed E-state index contributed by atoms with van der Waals surface area (Å²) in [6.45, 7) is -0.264. The standard InChI is InChI=1S/C7H9F3N4O/c8-7(9,10)4-1-2-11-6-12-5(3-15)13-14(4)6/h4,15H,1-3H2,(H,11,12,13). The molecule has 0 bridgehead atoms. The number of alkyl halides is 3. The molecular weight excluding hydrogens is 213 g/mol. The van der Waals surface area contributed by atoms with Crippen LogP contribution >= 0.6 is 0 Å². The van der Waals surface area contributed by atoms with E-state index < -0.39 is 18.8 Å². The lowest BCUT2D eigenvalue weighted by Gasteiger charge is -2.25. The third-order valence-corrected chi connectivity index (χ3v) is 2.19. The number of nitrogens with zero attached hydrogens (tertiary/aromatic N) is 3. The smallest absolute Gasteiger partial charge is 0.388 e. The summed E-state index contributed by atoms with van der Waals surface area (Å²) in [4.78, 5) is 3.72. The molecule has 0 spiro atoms. The Hall–Kier alpha value is -1.31. The van der Waals surface area contributed by atoms with E-state index in [9.17, 15) is 13.2 Å². The predicted octanol–water partition coefficient (Wildman–Crippen LogP) is 0.689. The van der Waals surface area contributed by atoms with Crippen LogP contribution in [-0.2, 0) is 6.61 Å². The zero-order valence-electron chi connectivity index (χ0n) is 7.62. The van der Waals surface area contributed by atoms with Crippen molar-refractivity contribution >= 4 is 5.95 Å². The Balaban J connectivity index is 2.37. The van der Waals surface area contributed by atoms with Crippen molar-refractivity contribution in [2.45, 2.75) is 25.2 Å². The Labute approximate surface area is 82.9 Å². The molecule has 15 heavy (non-hydrogen) atoms. The van der Waals surface area contributed by atoms with Gasteiger partial charge >= 0.3 is 6.18 Å². The van der Waals surface area contributed by atoms with Crippen LogP contribution in [0.1, 0.15) is 18.3 Å². The van der Waals surface area contributed by atoms with Crippen molar-refractivity contribution in [1.29, 1.82) is 0 Å². The number of aliphatic hydroxyl groups excluding tert-OH is 1. The molecular formula is C7H9F3N4O. The van der Waals surface area contributed by atoms with Gasteiger partial charge in [0.1, 0.15) is 6.61 Å². The topological polar surface area (TPSA) is 63.0 Å². The summed E-state index contributed by atoms with van der Waals surface area (Å²) in [7, 11) is 0. The summed E-state index contributed by atoms with van der Waals surface area (Å²) in [6.07, 6.45) is -4.41. The number of aliphatic hydroxyl groups is 1. The fraction of sp³-hybridized carbons (Fsp3) is 0.714. The van der Waals surface area contributed by atoms with Crippen LogP contribution in [0, 0.1) is 0 Å². The van der Waals surface area contributed by atoms with Gasteiger partial charge in [0.05, 0.1) is 0 Å². The van der Waals surface area contributed by atoms with Crippen molar-refractivity contribution < 1.29 is 18.3 Å². The van der Waals surface area contributed by atoms with E-state index in [1.54, 1.807) is 0 Å². The molecule has 1 aliphatic heterocycles. The first-order valence-electron chi connectivity index (χ1n) is 4.39. The largest absolute Gasteiger partial charge is 0.411 e. The quantitative estimate of drug-likeness (QED) is 0.733. The molecule has 0 fully saturated rings. The lowest BCUT2D eigenvalue weighted by atomic mass is 10.2. The van der Waals surface area contributed by atoms with Gasteiger partial charge in [0, 0.05) is 6.54 Å². The van der Waals surface area contributed by atoms with Gasteiger partial charge in [0.15, 0.2) is 11.9 Å². The highest BCUT2D eigenvalue weighted by atomic mass is 19.4. The van der Waals surface area contributed by atoms with Crippen molar-refractivity contribution in [3.63, 3.8) is 0 Å². The molecule has 1 aromatic heterocycles. The molecule has 0 aromatic carbocycles. The summed E-state index contributed by atoms with van der Waals surface area (Å²) in [5.74, 6) is 0.0567. The second-order valence-corrected chi connectivity index (χ2v) is 3.23. The Morgan fingerprint density at radius 2 is 2.27 bits per heavy atom. The first kappa shape index (κ1) is 10.2. The van der Waals surface area contributed by atoms with Gasteiger partial charge in [-0.1, -0.05) is 0 Å². The molecule has 1 aromatic rings. The van der Waals surface area contributed by atoms with Crippen LogP contribution in [0.5, 0.6) is 0 Å². The van der Waals surface area contributed by atoms with E-state index in [2.05, 4.69) is 15.4 Å². The zero-order valence-corrected chi connectivity index (χ0v) is 7.62. The number of fused-ring (bicyclic) bond motifs is 1. The maximum absolute atomic E-state index is 12.6. The van der Waals surface area contributed by atoms with Crippen LogP contribution < -0.4 is 5.32 Å². The fourth-order valence-corrected chi connectivity index (χ4v) is 1.52. The van der Waals surface area contributed by atoms with E-state index in [-0.39, 0.29) is 24.7 Å². The summed E-state index contributed by atoms with van der Waals surface area (Å²) >= 11 is 0. The van der Waals surface area contributed by atoms with Crippen molar-refractivity contribution in [1.82, 2.24) is 14.8 Å². The molecule has 2 heterocycles. The average Bonchev–Trinajstić information content (AvgIpc) is 2.57. The molecule has 2 rings (SSSR count). The minimum absolute atomic E-state index is 0.00588. The summed E-state index contributed by atoms with van der Waals surface area (Å²) in [6, 6.07) is -1.65. The van der Waals surface area contributed by atoms with Gasteiger partial charge in [0.2, 0.25) is 5.95 Å². The normalized spacial score (nSPS) is 20.9. The highest BCUT2D eigenvalue weighted by Crippen LogP contribution is 2.36. The number of hydrogen-bond acceptors (Lipinski definition) is 4. The first-order chi connectivity index (χ1) is 7.02. The van der Waals surface area contributed by atoms with Gasteiger partial charge in [-0.15, -0.1) is 0 Å². The number of halogens is 3. The van der Waals surface area contributed by atoms with Crippen LogP contribution in [0.25, 0.3) is 0 Å². The van der Waals surface area contributed by atoms with Crippen LogP contribution in [0.4, 0.5) is 19.1 Å². The van der Waals surface area contributed by atoms with E-state index in [0.29, 0.717) is 0 Å². The minimum Gasteiger partial charge on any atom is -0.388 e. The maximum Gasteiger partial charge on any atom is 0.411 e. The third kappa shape index (κ3) is 1.76. The van der Waals surface area contributed by atoms with Crippen molar-refractivity contribution in [2.75, 3.05) is 11.9 Å². The molecule has 8 heteroatoms. The van der Waals surface area contributed by atoms with Crippen molar-refractivity contribution in [3.05, 3.63) is 5.82 Å². The van der Waals surface area contributed by atoms with Crippen molar-refractivity contribution in [3.8, 4) is 0 Å². The average molecular weight is 222 g/mol. The summed E-state index contributed by atoms with van der Waals surface area (Å²) in [5, 5.41) is 15.0. The monoisotopic (exact) mass is 222 g/mol. The Morgan fingerprint density at radius 1 is 1.53 bits per heavy atom. The van der Waals surface area contributed by atoms with Gasteiger partial charge in [-0.05, 0) is 6.42 Å². The lowest BCUT2D eigenvalue weighted by Crippen LogP contribution is -2.34. The Kier molecular flexibility index (Phi) is 2.29. The molecule has 0 aliphatic carbocycles. The van der Waals surface area contributed by atoms with Gasteiger partial charge in [0.25, 0.3) is 0 Å². The summed E-state index contributed by atoms with van der Waals surface area (Å²) in [5.41, 5.74) is 0. The van der Waals surface area contributed by atoms with Crippen LogP contribution in [-0.4, -0.2) is 32.6 Å². The third-order valence-electron chi connectivity index (χ3n) is 2.19. The van der Waals surface area contributed by atoms with E-state index in [1.165, 1.54) is 0 Å². The number of rotatable bonds is 1. The predicted molar refractivity (Wildman–Crippen MR) is 44.1 cm³/mol. The molecule has 5 nitrogen and oxygen atoms in total. The van der Waals surface area contributed by atoms with Crippen LogP contribution in [0.3, 0.4) is 0 Å². The van der Waals surface area contributed by atoms with Crippen LogP contribution in [0.15, 0.2) is 0 Å². The van der Waals surface area contributed by atoms with E-state index in [1.807, 2.05) is 0 Å². The van der Waals surface area contributed by atoms with Gasteiger partial charge in [-0.3, -0.25) is 0 Å². The minimum atomic E-state index is -4.34. The molecule has 2 N–H and O–H groups in total. The molecule has 0 saturated carbocycles. The molecule has 0 radical (unpaired) electrons. The number of nitrogens with one attached hydrogen (secondary N) is 1. The Morgan fingerprint density at radius 3 is 2.87 bits per heavy atom. The number of anilines is 1. The highest BCUT2D eigenvalue weighted by molar-refractivity contribution is 5.28.